The van der Waals surface area contributed by atoms with E-state index in [4.69, 9.17) is 12.2 Å². The molecule has 1 rings (SSSR count). The summed E-state index contributed by atoms with van der Waals surface area (Å²) >= 11 is 5.21. The summed E-state index contributed by atoms with van der Waals surface area (Å²) in [4.78, 5) is 3.36. The highest BCUT2D eigenvalue weighted by Gasteiger charge is 2.32. The van der Waals surface area contributed by atoms with Crippen molar-refractivity contribution in [2.75, 3.05) is 39.3 Å². The van der Waals surface area contributed by atoms with Crippen molar-refractivity contribution >= 4 is 17.3 Å². The second-order valence-electron chi connectivity index (χ2n) is 4.46. The van der Waals surface area contributed by atoms with Gasteiger partial charge in [0, 0.05) is 32.7 Å². The van der Waals surface area contributed by atoms with Crippen molar-refractivity contribution in [1.82, 2.24) is 15.1 Å². The normalized spacial score (nSPS) is 17.9. The van der Waals surface area contributed by atoms with Crippen LogP contribution in [0.4, 0.5) is 13.2 Å². The number of alkyl halides is 3. The summed E-state index contributed by atoms with van der Waals surface area (Å²) in [5.74, 6) is 0. The quantitative estimate of drug-likeness (QED) is 0.626. The number of hydrogen-bond acceptors (Lipinski definition) is 2. The SMILES string of the molecule is CCCCNC(=S)N1CCN(CC(F)(F)F)CC1. The van der Waals surface area contributed by atoms with E-state index in [1.165, 1.54) is 4.90 Å². The second-order valence-corrected chi connectivity index (χ2v) is 4.85. The van der Waals surface area contributed by atoms with Crippen molar-refractivity contribution in [3.05, 3.63) is 0 Å². The van der Waals surface area contributed by atoms with Gasteiger partial charge in [-0.1, -0.05) is 13.3 Å². The third kappa shape index (κ3) is 5.86. The van der Waals surface area contributed by atoms with Crippen molar-refractivity contribution in [1.29, 1.82) is 0 Å². The van der Waals surface area contributed by atoms with Crippen LogP contribution in [0.1, 0.15) is 19.8 Å². The fraction of sp³-hybridized carbons (Fsp3) is 0.909. The molecule has 0 amide bonds. The predicted molar refractivity (Wildman–Crippen MR) is 69.6 cm³/mol. The number of thiocarbonyl (C=S) groups is 1. The first-order valence-corrected chi connectivity index (χ1v) is 6.65. The number of rotatable bonds is 4. The summed E-state index contributed by atoms with van der Waals surface area (Å²) in [6.07, 6.45) is -1.97. The van der Waals surface area contributed by atoms with Crippen molar-refractivity contribution in [2.24, 2.45) is 0 Å². The molecule has 0 spiro atoms. The van der Waals surface area contributed by atoms with Gasteiger partial charge in [-0.3, -0.25) is 4.90 Å². The molecule has 0 radical (unpaired) electrons. The van der Waals surface area contributed by atoms with E-state index in [9.17, 15) is 13.2 Å². The molecule has 18 heavy (non-hydrogen) atoms. The van der Waals surface area contributed by atoms with E-state index >= 15 is 0 Å². The van der Waals surface area contributed by atoms with Crippen LogP contribution >= 0.6 is 12.2 Å². The van der Waals surface area contributed by atoms with E-state index < -0.39 is 12.7 Å². The summed E-state index contributed by atoms with van der Waals surface area (Å²) in [5, 5.41) is 3.80. The van der Waals surface area contributed by atoms with Gasteiger partial charge in [0.05, 0.1) is 6.54 Å². The van der Waals surface area contributed by atoms with Gasteiger partial charge in [0.25, 0.3) is 0 Å². The number of halogens is 3. The highest BCUT2D eigenvalue weighted by atomic mass is 32.1. The first kappa shape index (κ1) is 15.5. The van der Waals surface area contributed by atoms with Gasteiger partial charge in [0.15, 0.2) is 5.11 Å². The largest absolute Gasteiger partial charge is 0.401 e. The Morgan fingerprint density at radius 1 is 1.22 bits per heavy atom. The Labute approximate surface area is 111 Å². The van der Waals surface area contributed by atoms with Crippen molar-refractivity contribution in [3.63, 3.8) is 0 Å². The molecule has 0 aromatic heterocycles. The van der Waals surface area contributed by atoms with Gasteiger partial charge in [-0.25, -0.2) is 0 Å². The Hall–Kier alpha value is -0.560. The van der Waals surface area contributed by atoms with Gasteiger partial charge in [-0.05, 0) is 18.6 Å². The molecule has 1 fully saturated rings. The molecule has 0 aromatic rings. The Bertz CT molecular complexity index is 263. The van der Waals surface area contributed by atoms with Crippen LogP contribution in [0.2, 0.25) is 0 Å². The lowest BCUT2D eigenvalue weighted by molar-refractivity contribution is -0.148. The highest BCUT2D eigenvalue weighted by molar-refractivity contribution is 7.80. The highest BCUT2D eigenvalue weighted by Crippen LogP contribution is 2.17. The molecule has 0 bridgehead atoms. The molecule has 0 saturated carbocycles. The Balaban J connectivity index is 2.24. The lowest BCUT2D eigenvalue weighted by Crippen LogP contribution is -2.53. The van der Waals surface area contributed by atoms with Crippen LogP contribution in [0, 0.1) is 0 Å². The van der Waals surface area contributed by atoms with Gasteiger partial charge in [0.2, 0.25) is 0 Å². The molecule has 1 aliphatic heterocycles. The molecular weight excluding hydrogens is 263 g/mol. The van der Waals surface area contributed by atoms with Crippen LogP contribution in [-0.2, 0) is 0 Å². The van der Waals surface area contributed by atoms with Crippen LogP contribution in [0.15, 0.2) is 0 Å². The fourth-order valence-electron chi connectivity index (χ4n) is 1.85. The Morgan fingerprint density at radius 2 is 1.83 bits per heavy atom. The van der Waals surface area contributed by atoms with Crippen LogP contribution < -0.4 is 5.32 Å². The van der Waals surface area contributed by atoms with Crippen LogP contribution in [0.25, 0.3) is 0 Å². The van der Waals surface area contributed by atoms with E-state index in [1.807, 2.05) is 4.90 Å². The van der Waals surface area contributed by atoms with Crippen molar-refractivity contribution < 1.29 is 13.2 Å². The summed E-state index contributed by atoms with van der Waals surface area (Å²) in [6, 6.07) is 0. The lowest BCUT2D eigenvalue weighted by atomic mass is 10.3. The number of piperazine rings is 1. The zero-order valence-electron chi connectivity index (χ0n) is 10.6. The first-order chi connectivity index (χ1) is 8.42. The second kappa shape index (κ2) is 7.13. The smallest absolute Gasteiger partial charge is 0.363 e. The van der Waals surface area contributed by atoms with Crippen LogP contribution in [0.5, 0.6) is 0 Å². The van der Waals surface area contributed by atoms with Gasteiger partial charge in [0.1, 0.15) is 0 Å². The van der Waals surface area contributed by atoms with Gasteiger partial charge in [-0.15, -0.1) is 0 Å². The fourth-order valence-corrected chi connectivity index (χ4v) is 2.13. The molecule has 106 valence electrons. The number of nitrogens with zero attached hydrogens (tertiary/aromatic N) is 2. The zero-order chi connectivity index (χ0) is 13.6. The van der Waals surface area contributed by atoms with E-state index in [0.717, 1.165) is 19.4 Å². The molecule has 0 atom stereocenters. The summed E-state index contributed by atoms with van der Waals surface area (Å²) in [7, 11) is 0. The van der Waals surface area contributed by atoms with E-state index in [2.05, 4.69) is 12.2 Å². The molecule has 0 aliphatic carbocycles. The molecule has 1 aliphatic rings. The topological polar surface area (TPSA) is 18.5 Å². The molecule has 3 nitrogen and oxygen atoms in total. The summed E-state index contributed by atoms with van der Waals surface area (Å²) < 4.78 is 36.6. The minimum Gasteiger partial charge on any atom is -0.363 e. The maximum atomic E-state index is 12.2. The summed E-state index contributed by atoms with van der Waals surface area (Å²) in [6.45, 7) is 4.06. The first-order valence-electron chi connectivity index (χ1n) is 6.24. The predicted octanol–water partition coefficient (Wildman–Crippen LogP) is 1.84. The van der Waals surface area contributed by atoms with Crippen LogP contribution in [-0.4, -0.2) is 60.4 Å². The van der Waals surface area contributed by atoms with E-state index in [-0.39, 0.29) is 0 Å². The third-order valence-corrected chi connectivity index (χ3v) is 3.27. The van der Waals surface area contributed by atoms with E-state index in [1.54, 1.807) is 0 Å². The van der Waals surface area contributed by atoms with Gasteiger partial charge in [-0.2, -0.15) is 13.2 Å². The molecule has 1 heterocycles. The van der Waals surface area contributed by atoms with Crippen LogP contribution in [0.3, 0.4) is 0 Å². The Morgan fingerprint density at radius 3 is 2.33 bits per heavy atom. The maximum Gasteiger partial charge on any atom is 0.401 e. The number of unbranched alkanes of at least 4 members (excludes halogenated alkanes) is 1. The minimum atomic E-state index is -4.11. The third-order valence-electron chi connectivity index (χ3n) is 2.87. The lowest BCUT2D eigenvalue weighted by Gasteiger charge is -2.36. The average Bonchev–Trinajstić information content (AvgIpc) is 2.28. The van der Waals surface area contributed by atoms with Gasteiger partial charge >= 0.3 is 6.18 Å². The van der Waals surface area contributed by atoms with E-state index in [0.29, 0.717) is 31.3 Å². The maximum absolute atomic E-state index is 12.2. The average molecular weight is 283 g/mol. The number of hydrogen-bond donors (Lipinski definition) is 1. The molecule has 0 aromatic carbocycles. The molecule has 0 unspecified atom stereocenters. The van der Waals surface area contributed by atoms with Crippen molar-refractivity contribution in [3.8, 4) is 0 Å². The Kier molecular flexibility index (Phi) is 6.14. The van der Waals surface area contributed by atoms with Gasteiger partial charge < -0.3 is 10.2 Å². The minimum absolute atomic E-state index is 0.412. The van der Waals surface area contributed by atoms with Crippen molar-refractivity contribution in [2.45, 2.75) is 25.9 Å². The monoisotopic (exact) mass is 283 g/mol. The summed E-state index contributed by atoms with van der Waals surface area (Å²) in [5.41, 5.74) is 0. The standard InChI is InChI=1S/C11H20F3N3S/c1-2-3-4-15-10(18)17-7-5-16(6-8-17)9-11(12,13)14/h2-9H2,1H3,(H,15,18). The zero-order valence-corrected chi connectivity index (χ0v) is 11.4. The molecule has 7 heteroatoms. The molecule has 1 saturated heterocycles. The number of nitrogens with one attached hydrogen (secondary N) is 1. The molecule has 1 N–H and O–H groups in total. The molecular formula is C11H20F3N3S.